The molecule has 0 aliphatic carbocycles. The summed E-state index contributed by atoms with van der Waals surface area (Å²) in [5, 5.41) is 0.681. The summed E-state index contributed by atoms with van der Waals surface area (Å²) >= 11 is 12.2. The molecule has 2 aromatic rings. The maximum atomic E-state index is 12.9. The van der Waals surface area contributed by atoms with E-state index in [0.717, 1.165) is 5.56 Å². The van der Waals surface area contributed by atoms with Crippen molar-refractivity contribution < 1.29 is 17.9 Å². The standard InChI is InChI=1S/C20H19Cl2NO4S/c1-13-2-4-15(5-3-13)28(25,26)23-8-6-20(7-9-23)12-18(24)16-10-14(21)11-17(22)19(16)27-20/h2-5,10-11H,6-9,12H2,1H3. The Bertz CT molecular complexity index is 1040. The second kappa shape index (κ2) is 7.02. The number of aryl methyl sites for hydroxylation is 1. The normalized spacial score (nSPS) is 19.3. The van der Waals surface area contributed by atoms with Crippen LogP contribution in [0, 0.1) is 6.92 Å². The SMILES string of the molecule is Cc1ccc(S(=O)(=O)N2CCC3(CC2)CC(=O)c2cc(Cl)cc(Cl)c2O3)cc1. The molecule has 0 N–H and O–H groups in total. The van der Waals surface area contributed by atoms with Gasteiger partial charge >= 0.3 is 0 Å². The van der Waals surface area contributed by atoms with Crippen molar-refractivity contribution in [1.29, 1.82) is 0 Å². The molecule has 0 unspecified atom stereocenters. The van der Waals surface area contributed by atoms with Crippen molar-refractivity contribution in [3.63, 3.8) is 0 Å². The van der Waals surface area contributed by atoms with Gasteiger partial charge in [0.05, 0.1) is 21.9 Å². The van der Waals surface area contributed by atoms with Crippen molar-refractivity contribution >= 4 is 39.0 Å². The number of piperidine rings is 1. The lowest BCUT2D eigenvalue weighted by Gasteiger charge is -2.43. The van der Waals surface area contributed by atoms with Crippen molar-refractivity contribution in [3.8, 4) is 5.75 Å². The van der Waals surface area contributed by atoms with Crippen molar-refractivity contribution in [2.75, 3.05) is 13.1 Å². The molecule has 1 fully saturated rings. The Morgan fingerprint density at radius 1 is 1.07 bits per heavy atom. The third-order valence-electron chi connectivity index (χ3n) is 5.40. The van der Waals surface area contributed by atoms with Crippen molar-refractivity contribution in [2.45, 2.75) is 36.7 Å². The first-order valence-electron chi connectivity index (χ1n) is 8.98. The highest BCUT2D eigenvalue weighted by molar-refractivity contribution is 7.89. The zero-order valence-electron chi connectivity index (χ0n) is 15.2. The Kier molecular flexibility index (Phi) is 4.94. The van der Waals surface area contributed by atoms with Gasteiger partial charge in [0.25, 0.3) is 0 Å². The van der Waals surface area contributed by atoms with E-state index in [1.165, 1.54) is 4.31 Å². The van der Waals surface area contributed by atoms with E-state index in [1.807, 2.05) is 6.92 Å². The molecule has 0 amide bonds. The van der Waals surface area contributed by atoms with Gasteiger partial charge in [0.2, 0.25) is 10.0 Å². The van der Waals surface area contributed by atoms with Crippen molar-refractivity contribution in [3.05, 3.63) is 57.6 Å². The van der Waals surface area contributed by atoms with E-state index in [-0.39, 0.29) is 30.2 Å². The topological polar surface area (TPSA) is 63.7 Å². The van der Waals surface area contributed by atoms with Crippen molar-refractivity contribution in [2.24, 2.45) is 0 Å². The Morgan fingerprint density at radius 3 is 2.36 bits per heavy atom. The van der Waals surface area contributed by atoms with Gasteiger partial charge in [-0.3, -0.25) is 4.79 Å². The highest BCUT2D eigenvalue weighted by atomic mass is 35.5. The number of fused-ring (bicyclic) bond motifs is 1. The van der Waals surface area contributed by atoms with Crippen LogP contribution in [-0.4, -0.2) is 37.2 Å². The molecule has 2 aromatic carbocycles. The molecule has 2 aliphatic heterocycles. The molecule has 0 saturated carbocycles. The lowest BCUT2D eigenvalue weighted by atomic mass is 9.83. The number of rotatable bonds is 2. The summed E-state index contributed by atoms with van der Waals surface area (Å²) in [6.45, 7) is 2.47. The third-order valence-corrected chi connectivity index (χ3v) is 7.81. The highest BCUT2D eigenvalue weighted by Crippen LogP contribution is 2.44. The summed E-state index contributed by atoms with van der Waals surface area (Å²) in [5.74, 6) is 0.262. The maximum absolute atomic E-state index is 12.9. The quantitative estimate of drug-likeness (QED) is 0.691. The van der Waals surface area contributed by atoms with Crippen molar-refractivity contribution in [1.82, 2.24) is 4.31 Å². The first-order valence-corrected chi connectivity index (χ1v) is 11.2. The predicted octanol–water partition coefficient (Wildman–Crippen LogP) is 4.49. The minimum absolute atomic E-state index is 0.0829. The molecule has 148 valence electrons. The van der Waals surface area contributed by atoms with E-state index in [9.17, 15) is 13.2 Å². The lowest BCUT2D eigenvalue weighted by Crippen LogP contribution is -2.52. The molecule has 2 heterocycles. The molecular weight excluding hydrogens is 421 g/mol. The number of ketones is 1. The smallest absolute Gasteiger partial charge is 0.243 e. The monoisotopic (exact) mass is 439 g/mol. The van der Waals surface area contributed by atoms with Gasteiger partial charge in [0, 0.05) is 31.0 Å². The summed E-state index contributed by atoms with van der Waals surface area (Å²) < 4.78 is 33.4. The molecule has 2 aliphatic rings. The van der Waals surface area contributed by atoms with E-state index in [4.69, 9.17) is 27.9 Å². The van der Waals surface area contributed by atoms with Crippen LogP contribution >= 0.6 is 23.2 Å². The zero-order valence-corrected chi connectivity index (χ0v) is 17.6. The van der Waals surface area contributed by atoms with Crippen LogP contribution in [0.2, 0.25) is 10.0 Å². The number of sulfonamides is 1. The average molecular weight is 440 g/mol. The Balaban J connectivity index is 1.55. The fourth-order valence-corrected chi connectivity index (χ4v) is 5.76. The van der Waals surface area contributed by atoms with Crippen LogP contribution < -0.4 is 4.74 Å². The highest BCUT2D eigenvalue weighted by Gasteiger charge is 2.45. The van der Waals surface area contributed by atoms with Crippen LogP contribution in [-0.2, 0) is 10.0 Å². The van der Waals surface area contributed by atoms with Crippen LogP contribution in [0.25, 0.3) is 0 Å². The van der Waals surface area contributed by atoms with Gasteiger partial charge in [-0.15, -0.1) is 0 Å². The molecule has 0 atom stereocenters. The number of nitrogens with zero attached hydrogens (tertiary/aromatic N) is 1. The number of hydrogen-bond acceptors (Lipinski definition) is 4. The second-order valence-corrected chi connectivity index (χ2v) is 10.1. The van der Waals surface area contributed by atoms with E-state index >= 15 is 0 Å². The summed E-state index contributed by atoms with van der Waals surface area (Å²) in [6.07, 6.45) is 1.03. The number of carbonyl (C=O) groups is 1. The number of benzene rings is 2. The van der Waals surface area contributed by atoms with Gasteiger partial charge in [0.1, 0.15) is 11.4 Å². The summed E-state index contributed by atoms with van der Waals surface area (Å²) in [7, 11) is -3.57. The molecule has 4 rings (SSSR count). The van der Waals surface area contributed by atoms with Gasteiger partial charge in [-0.25, -0.2) is 8.42 Å². The number of halogens is 2. The van der Waals surface area contributed by atoms with Gasteiger partial charge in [-0.1, -0.05) is 40.9 Å². The number of Topliss-reactive ketones (excluding diaryl/α,β-unsaturated/α-hetero) is 1. The fraction of sp³-hybridized carbons (Fsp3) is 0.350. The summed E-state index contributed by atoms with van der Waals surface area (Å²) in [4.78, 5) is 12.9. The molecule has 1 saturated heterocycles. The summed E-state index contributed by atoms with van der Waals surface area (Å²) in [5.41, 5.74) is 0.653. The van der Waals surface area contributed by atoms with Gasteiger partial charge in [-0.05, 0) is 31.2 Å². The van der Waals surface area contributed by atoms with E-state index in [2.05, 4.69) is 0 Å². The Hall–Kier alpha value is -1.60. The molecule has 28 heavy (non-hydrogen) atoms. The molecular formula is C20H19Cl2NO4S. The molecule has 1 spiro atoms. The van der Waals surface area contributed by atoms with Gasteiger partial charge in [-0.2, -0.15) is 4.31 Å². The number of hydrogen-bond donors (Lipinski definition) is 0. The predicted molar refractivity (Wildman–Crippen MR) is 108 cm³/mol. The fourth-order valence-electron chi connectivity index (χ4n) is 3.78. The molecule has 0 aromatic heterocycles. The molecule has 0 bridgehead atoms. The lowest BCUT2D eigenvalue weighted by molar-refractivity contribution is 0.00598. The van der Waals surface area contributed by atoms with Crippen LogP contribution in [0.1, 0.15) is 35.2 Å². The van der Waals surface area contributed by atoms with Gasteiger partial charge in [0.15, 0.2) is 5.78 Å². The van der Waals surface area contributed by atoms with Gasteiger partial charge < -0.3 is 4.74 Å². The maximum Gasteiger partial charge on any atom is 0.243 e. The molecule has 5 nitrogen and oxygen atoms in total. The first-order chi connectivity index (χ1) is 13.2. The van der Waals surface area contributed by atoms with Crippen LogP contribution in [0.5, 0.6) is 5.75 Å². The molecule has 0 radical (unpaired) electrons. The number of ether oxygens (including phenoxy) is 1. The van der Waals surface area contributed by atoms with Crippen LogP contribution in [0.15, 0.2) is 41.3 Å². The summed E-state index contributed by atoms with van der Waals surface area (Å²) in [6, 6.07) is 9.92. The average Bonchev–Trinajstić information content (AvgIpc) is 2.64. The van der Waals surface area contributed by atoms with Crippen LogP contribution in [0.4, 0.5) is 0 Å². The first kappa shape index (κ1) is 19.7. The van der Waals surface area contributed by atoms with E-state index in [1.54, 1.807) is 36.4 Å². The minimum Gasteiger partial charge on any atom is -0.484 e. The number of carbonyl (C=O) groups excluding carboxylic acids is 1. The Morgan fingerprint density at radius 2 is 1.71 bits per heavy atom. The Labute approximate surface area is 174 Å². The largest absolute Gasteiger partial charge is 0.484 e. The van der Waals surface area contributed by atoms with E-state index in [0.29, 0.717) is 34.2 Å². The third kappa shape index (κ3) is 3.43. The van der Waals surface area contributed by atoms with Crippen LogP contribution in [0.3, 0.4) is 0 Å². The second-order valence-electron chi connectivity index (χ2n) is 7.37. The van der Waals surface area contributed by atoms with E-state index < -0.39 is 15.6 Å². The molecule has 8 heteroatoms. The minimum atomic E-state index is -3.57. The zero-order chi connectivity index (χ0) is 20.1.